The van der Waals surface area contributed by atoms with Gasteiger partial charge in [-0.1, -0.05) is 68.2 Å². The van der Waals surface area contributed by atoms with Crippen LogP contribution in [0.3, 0.4) is 0 Å². The number of aromatic nitrogens is 2. The summed E-state index contributed by atoms with van der Waals surface area (Å²) in [7, 11) is 0. The zero-order valence-electron chi connectivity index (χ0n) is 26.6. The molecule has 45 heavy (non-hydrogen) atoms. The molecule has 2 aromatic carbocycles. The minimum absolute atomic E-state index is 0.255. The lowest BCUT2D eigenvalue weighted by Crippen LogP contribution is -2.59. The van der Waals surface area contributed by atoms with Crippen molar-refractivity contribution >= 4 is 41.0 Å². The van der Waals surface area contributed by atoms with Crippen LogP contribution in [-0.2, 0) is 21.3 Å². The molecule has 0 bridgehead atoms. The Morgan fingerprint density at radius 2 is 1.53 bits per heavy atom. The number of hydrogen-bond donors (Lipinski definition) is 1. The predicted octanol–water partition coefficient (Wildman–Crippen LogP) is 6.69. The molecular weight excluding hydrogens is 611 g/mol. The van der Waals surface area contributed by atoms with Crippen molar-refractivity contribution < 1.29 is 14.3 Å². The lowest BCUT2D eigenvalue weighted by atomic mass is 9.71. The molecule has 9 nitrogen and oxygen atoms in total. The SMILES string of the molecule is CCOc1nc(C(C)(C)C)ncc1C1=NC(C)(c2ccc(Cl)cc2)C(C)(c2ccc(Cl)cc2)N1C(=O)N1CCC(C(N)=O)CC1. The lowest BCUT2D eigenvalue weighted by molar-refractivity contribution is -0.123. The minimum atomic E-state index is -1.06. The first-order valence-corrected chi connectivity index (χ1v) is 16.0. The van der Waals surface area contributed by atoms with Crippen LogP contribution in [0.4, 0.5) is 4.79 Å². The Kier molecular flexibility index (Phi) is 8.90. The van der Waals surface area contributed by atoms with E-state index in [0.29, 0.717) is 65.7 Å². The minimum Gasteiger partial charge on any atom is -0.477 e. The number of hydrogen-bond acceptors (Lipinski definition) is 6. The highest BCUT2D eigenvalue weighted by Crippen LogP contribution is 2.54. The van der Waals surface area contributed by atoms with E-state index in [4.69, 9.17) is 48.6 Å². The number of likely N-dealkylation sites (tertiary alicyclic amines) is 1. The zero-order chi connectivity index (χ0) is 32.7. The molecule has 0 radical (unpaired) electrons. The van der Waals surface area contributed by atoms with E-state index >= 15 is 0 Å². The highest BCUT2D eigenvalue weighted by atomic mass is 35.5. The third-order valence-corrected chi connectivity index (χ3v) is 9.56. The summed E-state index contributed by atoms with van der Waals surface area (Å²) in [4.78, 5) is 45.3. The number of aliphatic imine (C=N–C) groups is 1. The molecule has 0 spiro atoms. The number of amidine groups is 1. The fraction of sp³-hybridized carbons (Fsp3) is 0.441. The van der Waals surface area contributed by atoms with E-state index in [-0.39, 0.29) is 23.3 Å². The van der Waals surface area contributed by atoms with E-state index in [1.54, 1.807) is 16.0 Å². The van der Waals surface area contributed by atoms with E-state index < -0.39 is 11.1 Å². The number of nitrogens with two attached hydrogens (primary N) is 1. The molecule has 0 aliphatic carbocycles. The van der Waals surface area contributed by atoms with Gasteiger partial charge >= 0.3 is 6.03 Å². The van der Waals surface area contributed by atoms with Crippen LogP contribution < -0.4 is 10.5 Å². The summed E-state index contributed by atoms with van der Waals surface area (Å²) in [5.41, 5.74) is 5.40. The molecule has 11 heteroatoms. The van der Waals surface area contributed by atoms with E-state index in [1.165, 1.54) is 0 Å². The van der Waals surface area contributed by atoms with E-state index in [9.17, 15) is 9.59 Å². The van der Waals surface area contributed by atoms with Gasteiger partial charge in [-0.15, -0.1) is 0 Å². The molecule has 2 atom stereocenters. The molecule has 2 aliphatic heterocycles. The van der Waals surface area contributed by atoms with Gasteiger partial charge in [0.2, 0.25) is 11.8 Å². The van der Waals surface area contributed by atoms with Crippen LogP contribution in [0, 0.1) is 5.92 Å². The molecule has 1 aromatic heterocycles. The van der Waals surface area contributed by atoms with Crippen LogP contribution in [0.5, 0.6) is 5.88 Å². The fourth-order valence-corrected chi connectivity index (χ4v) is 6.44. The first-order valence-electron chi connectivity index (χ1n) is 15.2. The van der Waals surface area contributed by atoms with Gasteiger partial charge in [0.05, 0.1) is 12.2 Å². The number of benzene rings is 2. The highest BCUT2D eigenvalue weighted by Gasteiger charge is 2.60. The van der Waals surface area contributed by atoms with Crippen molar-refractivity contribution in [1.29, 1.82) is 0 Å². The number of ether oxygens (including phenoxy) is 1. The number of urea groups is 1. The Balaban J connectivity index is 1.76. The van der Waals surface area contributed by atoms with Crippen molar-refractivity contribution in [1.82, 2.24) is 19.8 Å². The molecule has 1 saturated heterocycles. The largest absolute Gasteiger partial charge is 0.477 e. The highest BCUT2D eigenvalue weighted by molar-refractivity contribution is 6.30. The average Bonchev–Trinajstić information content (AvgIpc) is 3.25. The summed E-state index contributed by atoms with van der Waals surface area (Å²) in [6, 6.07) is 14.8. The Morgan fingerprint density at radius 3 is 2.04 bits per heavy atom. The van der Waals surface area contributed by atoms with Crippen LogP contribution in [0.15, 0.2) is 59.7 Å². The predicted molar refractivity (Wildman–Crippen MR) is 177 cm³/mol. The normalized spacial score (nSPS) is 22.4. The van der Waals surface area contributed by atoms with Gasteiger partial charge in [0.25, 0.3) is 0 Å². The quantitative estimate of drug-likeness (QED) is 0.319. The van der Waals surface area contributed by atoms with Gasteiger partial charge < -0.3 is 15.4 Å². The van der Waals surface area contributed by atoms with Gasteiger partial charge in [-0.05, 0) is 69.0 Å². The van der Waals surface area contributed by atoms with Gasteiger partial charge in [-0.2, -0.15) is 4.98 Å². The molecule has 2 unspecified atom stereocenters. The lowest BCUT2D eigenvalue weighted by Gasteiger charge is -2.47. The summed E-state index contributed by atoms with van der Waals surface area (Å²) in [5.74, 6) is 0.728. The summed E-state index contributed by atoms with van der Waals surface area (Å²) in [5, 5.41) is 1.17. The van der Waals surface area contributed by atoms with Crippen molar-refractivity contribution in [3.8, 4) is 5.88 Å². The molecule has 3 heterocycles. The van der Waals surface area contributed by atoms with E-state index in [0.717, 1.165) is 11.1 Å². The molecule has 2 N–H and O–H groups in total. The number of nitrogens with zero attached hydrogens (tertiary/aromatic N) is 5. The first-order chi connectivity index (χ1) is 21.2. The third-order valence-electron chi connectivity index (χ3n) is 9.05. The topological polar surface area (TPSA) is 114 Å². The number of primary amides is 1. The Bertz CT molecular complexity index is 1610. The van der Waals surface area contributed by atoms with E-state index in [2.05, 4.69) is 0 Å². The molecule has 3 aromatic rings. The molecule has 238 valence electrons. The number of carbonyl (C=O) groups is 2. The third kappa shape index (κ3) is 5.88. The number of piperidine rings is 1. The Hall–Kier alpha value is -3.69. The van der Waals surface area contributed by atoms with Crippen LogP contribution >= 0.6 is 23.2 Å². The van der Waals surface area contributed by atoms with Crippen molar-refractivity contribution in [2.45, 2.75) is 70.9 Å². The maximum Gasteiger partial charge on any atom is 0.326 e. The van der Waals surface area contributed by atoms with E-state index in [1.807, 2.05) is 90.1 Å². The van der Waals surface area contributed by atoms with Crippen molar-refractivity contribution in [2.24, 2.45) is 16.6 Å². The second-order valence-electron chi connectivity index (χ2n) is 13.0. The van der Waals surface area contributed by atoms with Crippen molar-refractivity contribution in [3.63, 3.8) is 0 Å². The number of carbonyl (C=O) groups excluding carboxylic acids is 2. The maximum atomic E-state index is 14.9. The van der Waals surface area contributed by atoms with Crippen LogP contribution in [0.25, 0.3) is 0 Å². The molecular formula is C34H40Cl2N6O3. The van der Waals surface area contributed by atoms with Gasteiger partial charge in [0, 0.05) is 40.7 Å². The molecule has 5 rings (SSSR count). The zero-order valence-corrected chi connectivity index (χ0v) is 28.1. The van der Waals surface area contributed by atoms with Crippen LogP contribution in [-0.4, -0.2) is 57.2 Å². The first kappa shape index (κ1) is 32.7. The van der Waals surface area contributed by atoms with Crippen molar-refractivity contribution in [2.75, 3.05) is 19.7 Å². The van der Waals surface area contributed by atoms with Crippen LogP contribution in [0.2, 0.25) is 10.0 Å². The average molecular weight is 652 g/mol. The monoisotopic (exact) mass is 650 g/mol. The Morgan fingerprint density at radius 1 is 0.978 bits per heavy atom. The number of rotatable bonds is 6. The van der Waals surface area contributed by atoms with Crippen LogP contribution in [0.1, 0.15) is 76.9 Å². The van der Waals surface area contributed by atoms with Crippen molar-refractivity contribution in [3.05, 3.63) is 87.3 Å². The molecule has 1 fully saturated rings. The second kappa shape index (κ2) is 12.2. The standard InChI is InChI=1S/C34H40Cl2N6O3/c1-7-45-29-26(20-38-30(39-29)32(2,3)4)28-40-33(5,22-8-12-24(35)13-9-22)34(6,23-10-14-25(36)15-11-23)42(28)31(44)41-18-16-21(17-19-41)27(37)43/h8-15,20-21H,7,16-19H2,1-6H3,(H2,37,43). The summed E-state index contributed by atoms with van der Waals surface area (Å²) < 4.78 is 6.11. The molecule has 2 aliphatic rings. The smallest absolute Gasteiger partial charge is 0.326 e. The molecule has 0 saturated carbocycles. The second-order valence-corrected chi connectivity index (χ2v) is 13.8. The van der Waals surface area contributed by atoms with Gasteiger partial charge in [-0.3, -0.25) is 14.7 Å². The fourth-order valence-electron chi connectivity index (χ4n) is 6.19. The molecule has 3 amide bonds. The maximum absolute atomic E-state index is 14.9. The number of amides is 3. The Labute approximate surface area is 274 Å². The van der Waals surface area contributed by atoms with Gasteiger partial charge in [-0.25, -0.2) is 9.78 Å². The summed E-state index contributed by atoms with van der Waals surface area (Å²) in [6.07, 6.45) is 2.68. The van der Waals surface area contributed by atoms with Gasteiger partial charge in [0.1, 0.15) is 22.7 Å². The number of halogens is 2. The van der Waals surface area contributed by atoms with Gasteiger partial charge in [0.15, 0.2) is 0 Å². The summed E-state index contributed by atoms with van der Waals surface area (Å²) >= 11 is 12.7. The summed E-state index contributed by atoms with van der Waals surface area (Å²) in [6.45, 7) is 13.1.